The summed E-state index contributed by atoms with van der Waals surface area (Å²) in [7, 11) is 0. The zero-order chi connectivity index (χ0) is 16.7. The standard InChI is InChI=1S/C19H18O4/c1-15-5-7-16(8-6-15)18(21)22-13-3-4-14-23-19(2)11-9-17(20)10-12-19/h5-12H,13-14H2,1-2H3. The molecule has 0 heterocycles. The normalized spacial score (nSPS) is 15.0. The fraction of sp³-hybridized carbons (Fsp3) is 0.263. The van der Waals surface area contributed by atoms with E-state index in [0.717, 1.165) is 5.56 Å². The number of esters is 1. The van der Waals surface area contributed by atoms with E-state index in [9.17, 15) is 9.59 Å². The minimum absolute atomic E-state index is 0.0109. The van der Waals surface area contributed by atoms with E-state index in [1.165, 1.54) is 12.2 Å². The fourth-order valence-corrected chi connectivity index (χ4v) is 1.87. The Hall–Kier alpha value is -2.64. The lowest BCUT2D eigenvalue weighted by molar-refractivity contribution is -0.110. The van der Waals surface area contributed by atoms with E-state index in [-0.39, 0.29) is 19.0 Å². The Bertz CT molecular complexity index is 683. The monoisotopic (exact) mass is 310 g/mol. The molecule has 0 N–H and O–H groups in total. The highest BCUT2D eigenvalue weighted by Crippen LogP contribution is 2.17. The van der Waals surface area contributed by atoms with Crippen molar-refractivity contribution < 1.29 is 19.1 Å². The number of rotatable bonds is 4. The summed E-state index contributed by atoms with van der Waals surface area (Å²) in [6, 6.07) is 7.15. The molecule has 2 rings (SSSR count). The molecular formula is C19H18O4. The van der Waals surface area contributed by atoms with Gasteiger partial charge in [0.2, 0.25) is 0 Å². The van der Waals surface area contributed by atoms with Gasteiger partial charge in [0, 0.05) is 0 Å². The van der Waals surface area contributed by atoms with E-state index < -0.39 is 11.6 Å². The predicted molar refractivity (Wildman–Crippen MR) is 86.9 cm³/mol. The zero-order valence-corrected chi connectivity index (χ0v) is 13.2. The number of benzene rings is 1. The van der Waals surface area contributed by atoms with Crippen LogP contribution in [0.2, 0.25) is 0 Å². The van der Waals surface area contributed by atoms with Gasteiger partial charge in [-0.15, -0.1) is 0 Å². The molecule has 0 saturated carbocycles. The van der Waals surface area contributed by atoms with Gasteiger partial charge in [-0.05, 0) is 50.3 Å². The van der Waals surface area contributed by atoms with Gasteiger partial charge in [-0.25, -0.2) is 4.79 Å². The molecule has 0 saturated heterocycles. The molecule has 0 amide bonds. The summed E-state index contributed by atoms with van der Waals surface area (Å²) < 4.78 is 10.6. The first-order chi connectivity index (χ1) is 11.0. The van der Waals surface area contributed by atoms with Crippen LogP contribution in [0.5, 0.6) is 0 Å². The van der Waals surface area contributed by atoms with Crippen molar-refractivity contribution in [1.82, 2.24) is 0 Å². The summed E-state index contributed by atoms with van der Waals surface area (Å²) in [6.07, 6.45) is 6.32. The third kappa shape index (κ3) is 5.24. The van der Waals surface area contributed by atoms with Crippen LogP contribution < -0.4 is 0 Å². The largest absolute Gasteiger partial charge is 0.449 e. The van der Waals surface area contributed by atoms with Crippen LogP contribution in [0.1, 0.15) is 22.8 Å². The molecule has 0 radical (unpaired) electrons. The molecule has 0 aromatic heterocycles. The Kier molecular flexibility index (Phi) is 5.51. The second-order valence-corrected chi connectivity index (χ2v) is 5.34. The van der Waals surface area contributed by atoms with Crippen molar-refractivity contribution in [3.8, 4) is 11.8 Å². The molecule has 4 nitrogen and oxygen atoms in total. The molecule has 0 bridgehead atoms. The second-order valence-electron chi connectivity index (χ2n) is 5.34. The quantitative estimate of drug-likeness (QED) is 0.634. The number of allylic oxidation sites excluding steroid dienone is 2. The minimum atomic E-state index is -0.624. The van der Waals surface area contributed by atoms with E-state index in [1.807, 2.05) is 26.0 Å². The Morgan fingerprint density at radius 2 is 1.70 bits per heavy atom. The van der Waals surface area contributed by atoms with Crippen LogP contribution in [-0.4, -0.2) is 30.6 Å². The summed E-state index contributed by atoms with van der Waals surface area (Å²) >= 11 is 0. The molecule has 0 fully saturated rings. The molecule has 0 unspecified atom stereocenters. The SMILES string of the molecule is Cc1ccc(C(=O)OCC#CCOC2(C)C=CC(=O)C=C2)cc1. The van der Waals surface area contributed by atoms with Gasteiger partial charge in [-0.3, -0.25) is 4.79 Å². The predicted octanol–water partition coefficient (Wildman–Crippen LogP) is 2.63. The summed E-state index contributed by atoms with van der Waals surface area (Å²) in [5, 5.41) is 0. The van der Waals surface area contributed by atoms with E-state index in [4.69, 9.17) is 9.47 Å². The highest BCUT2D eigenvalue weighted by atomic mass is 16.5. The van der Waals surface area contributed by atoms with E-state index in [0.29, 0.717) is 5.56 Å². The average molecular weight is 310 g/mol. The van der Waals surface area contributed by atoms with Crippen LogP contribution in [-0.2, 0) is 14.3 Å². The van der Waals surface area contributed by atoms with E-state index in [2.05, 4.69) is 11.8 Å². The smallest absolute Gasteiger partial charge is 0.339 e. The fourth-order valence-electron chi connectivity index (χ4n) is 1.87. The van der Waals surface area contributed by atoms with Crippen LogP contribution in [0, 0.1) is 18.8 Å². The van der Waals surface area contributed by atoms with Crippen molar-refractivity contribution in [3.63, 3.8) is 0 Å². The molecule has 0 atom stereocenters. The van der Waals surface area contributed by atoms with Gasteiger partial charge in [-0.1, -0.05) is 29.5 Å². The number of hydrogen-bond donors (Lipinski definition) is 0. The van der Waals surface area contributed by atoms with Crippen LogP contribution >= 0.6 is 0 Å². The van der Waals surface area contributed by atoms with Gasteiger partial charge in [0.15, 0.2) is 12.4 Å². The van der Waals surface area contributed by atoms with Gasteiger partial charge in [-0.2, -0.15) is 0 Å². The third-order valence-corrected chi connectivity index (χ3v) is 3.30. The van der Waals surface area contributed by atoms with Crippen LogP contribution in [0.25, 0.3) is 0 Å². The summed E-state index contributed by atoms with van der Waals surface area (Å²) in [5.41, 5.74) is 0.962. The molecule has 23 heavy (non-hydrogen) atoms. The molecule has 0 spiro atoms. The van der Waals surface area contributed by atoms with Gasteiger partial charge in [0.25, 0.3) is 0 Å². The topological polar surface area (TPSA) is 52.6 Å². The number of ketones is 1. The van der Waals surface area contributed by atoms with Crippen LogP contribution in [0.15, 0.2) is 48.6 Å². The molecular weight excluding hydrogens is 292 g/mol. The Labute approximate surface area is 135 Å². The van der Waals surface area contributed by atoms with Crippen molar-refractivity contribution in [3.05, 3.63) is 59.7 Å². The molecule has 1 aromatic rings. The van der Waals surface area contributed by atoms with Gasteiger partial charge in [0.1, 0.15) is 12.2 Å². The molecule has 1 aliphatic rings. The minimum Gasteiger partial charge on any atom is -0.449 e. The number of ether oxygens (including phenoxy) is 2. The maximum absolute atomic E-state index is 11.7. The highest BCUT2D eigenvalue weighted by Gasteiger charge is 2.20. The zero-order valence-electron chi connectivity index (χ0n) is 13.2. The first-order valence-electron chi connectivity index (χ1n) is 7.24. The van der Waals surface area contributed by atoms with Gasteiger partial charge < -0.3 is 9.47 Å². The Morgan fingerprint density at radius 1 is 1.09 bits per heavy atom. The first-order valence-corrected chi connectivity index (χ1v) is 7.24. The van der Waals surface area contributed by atoms with Crippen LogP contribution in [0.3, 0.4) is 0 Å². The van der Waals surface area contributed by atoms with Crippen molar-refractivity contribution in [2.45, 2.75) is 19.4 Å². The molecule has 0 aliphatic heterocycles. The molecule has 118 valence electrons. The highest BCUT2D eigenvalue weighted by molar-refractivity contribution is 6.00. The first kappa shape index (κ1) is 16.7. The summed E-state index contributed by atoms with van der Waals surface area (Å²) in [6.45, 7) is 3.98. The maximum Gasteiger partial charge on any atom is 0.339 e. The third-order valence-electron chi connectivity index (χ3n) is 3.30. The Balaban J connectivity index is 1.73. The van der Waals surface area contributed by atoms with Gasteiger partial charge in [0.05, 0.1) is 5.56 Å². The number of aryl methyl sites for hydroxylation is 1. The van der Waals surface area contributed by atoms with Crippen molar-refractivity contribution >= 4 is 11.8 Å². The summed E-state index contributed by atoms with van der Waals surface area (Å²) in [5.74, 6) is 5.06. The molecule has 1 aliphatic carbocycles. The van der Waals surface area contributed by atoms with Crippen molar-refractivity contribution in [2.24, 2.45) is 0 Å². The number of carbonyl (C=O) groups is 2. The van der Waals surface area contributed by atoms with Crippen molar-refractivity contribution in [2.75, 3.05) is 13.2 Å². The second kappa shape index (κ2) is 7.57. The molecule has 4 heteroatoms. The maximum atomic E-state index is 11.7. The van der Waals surface area contributed by atoms with E-state index >= 15 is 0 Å². The van der Waals surface area contributed by atoms with Gasteiger partial charge >= 0.3 is 5.97 Å². The van der Waals surface area contributed by atoms with Crippen LogP contribution in [0.4, 0.5) is 0 Å². The number of hydrogen-bond acceptors (Lipinski definition) is 4. The number of carbonyl (C=O) groups excluding carboxylic acids is 2. The Morgan fingerprint density at radius 3 is 2.35 bits per heavy atom. The lowest BCUT2D eigenvalue weighted by atomic mass is 10.00. The summed E-state index contributed by atoms with van der Waals surface area (Å²) in [4.78, 5) is 22.8. The average Bonchev–Trinajstić information content (AvgIpc) is 2.54. The molecule has 1 aromatic carbocycles. The van der Waals surface area contributed by atoms with Crippen molar-refractivity contribution in [1.29, 1.82) is 0 Å². The van der Waals surface area contributed by atoms with E-state index in [1.54, 1.807) is 24.3 Å². The lowest BCUT2D eigenvalue weighted by Crippen LogP contribution is -2.26. The lowest BCUT2D eigenvalue weighted by Gasteiger charge is -2.22.